The summed E-state index contributed by atoms with van der Waals surface area (Å²) in [4.78, 5) is 24.9. The van der Waals surface area contributed by atoms with E-state index in [9.17, 15) is 9.59 Å². The summed E-state index contributed by atoms with van der Waals surface area (Å²) in [6.07, 6.45) is 0.417. The Morgan fingerprint density at radius 1 is 1.26 bits per heavy atom. The number of aromatic nitrogens is 1. The second-order valence-corrected chi connectivity index (χ2v) is 6.32. The molecule has 0 saturated heterocycles. The molecular formula is C17H16N2O3S. The molecule has 0 bridgehead atoms. The molecule has 0 saturated carbocycles. The third-order valence-corrected chi connectivity index (χ3v) is 4.39. The monoisotopic (exact) mass is 328 g/mol. The molecule has 23 heavy (non-hydrogen) atoms. The SMILES string of the molecule is C[C@@H](CC(=O)c1cccs1)NC(=O)Cc1noc2ccccc12. The van der Waals surface area contributed by atoms with Gasteiger partial charge in [0, 0.05) is 17.8 Å². The first-order valence-corrected chi connectivity index (χ1v) is 8.21. The normalized spacial score (nSPS) is 12.2. The molecule has 0 fully saturated rings. The van der Waals surface area contributed by atoms with E-state index in [4.69, 9.17) is 4.52 Å². The van der Waals surface area contributed by atoms with E-state index in [2.05, 4.69) is 10.5 Å². The molecule has 5 nitrogen and oxygen atoms in total. The van der Waals surface area contributed by atoms with Gasteiger partial charge in [-0.15, -0.1) is 11.3 Å². The lowest BCUT2D eigenvalue weighted by molar-refractivity contribution is -0.121. The number of carbonyl (C=O) groups is 2. The molecule has 1 amide bonds. The van der Waals surface area contributed by atoms with Gasteiger partial charge in [-0.2, -0.15) is 0 Å². The number of carbonyl (C=O) groups excluding carboxylic acids is 2. The minimum absolute atomic E-state index is 0.0414. The van der Waals surface area contributed by atoms with Crippen molar-refractivity contribution in [2.24, 2.45) is 0 Å². The van der Waals surface area contributed by atoms with Gasteiger partial charge in [0.15, 0.2) is 11.4 Å². The molecule has 0 radical (unpaired) electrons. The summed E-state index contributed by atoms with van der Waals surface area (Å²) in [5.41, 5.74) is 1.27. The number of rotatable bonds is 6. The quantitative estimate of drug-likeness (QED) is 0.705. The number of amides is 1. The zero-order valence-corrected chi connectivity index (χ0v) is 13.4. The first-order valence-electron chi connectivity index (χ1n) is 7.33. The Kier molecular flexibility index (Phi) is 4.52. The molecule has 118 valence electrons. The Bertz CT molecular complexity index is 823. The Labute approximate surface area is 137 Å². The van der Waals surface area contributed by atoms with Gasteiger partial charge in [0.05, 0.1) is 11.3 Å². The highest BCUT2D eigenvalue weighted by Gasteiger charge is 2.16. The van der Waals surface area contributed by atoms with Crippen molar-refractivity contribution >= 4 is 34.0 Å². The van der Waals surface area contributed by atoms with E-state index in [1.54, 1.807) is 6.07 Å². The van der Waals surface area contributed by atoms with Gasteiger partial charge < -0.3 is 9.84 Å². The third-order valence-electron chi connectivity index (χ3n) is 3.48. The zero-order valence-electron chi connectivity index (χ0n) is 12.6. The van der Waals surface area contributed by atoms with Crippen molar-refractivity contribution in [3.05, 3.63) is 52.3 Å². The summed E-state index contributed by atoms with van der Waals surface area (Å²) < 4.78 is 5.19. The van der Waals surface area contributed by atoms with Crippen molar-refractivity contribution in [3.8, 4) is 0 Å². The fourth-order valence-electron chi connectivity index (χ4n) is 2.41. The van der Waals surface area contributed by atoms with Gasteiger partial charge in [0.2, 0.25) is 5.91 Å². The van der Waals surface area contributed by atoms with Crippen LogP contribution in [0.25, 0.3) is 11.0 Å². The van der Waals surface area contributed by atoms with Gasteiger partial charge in [-0.25, -0.2) is 0 Å². The molecule has 0 aliphatic heterocycles. The first kappa shape index (κ1) is 15.4. The Morgan fingerprint density at radius 3 is 2.87 bits per heavy atom. The van der Waals surface area contributed by atoms with E-state index in [1.807, 2.05) is 42.6 Å². The van der Waals surface area contributed by atoms with Crippen LogP contribution in [0.1, 0.15) is 28.7 Å². The van der Waals surface area contributed by atoms with E-state index in [0.29, 0.717) is 16.2 Å². The van der Waals surface area contributed by atoms with Gasteiger partial charge in [-0.3, -0.25) is 9.59 Å². The van der Waals surface area contributed by atoms with Gasteiger partial charge in [0.1, 0.15) is 5.69 Å². The van der Waals surface area contributed by atoms with E-state index in [0.717, 1.165) is 5.39 Å². The number of hydrogen-bond donors (Lipinski definition) is 1. The third kappa shape index (κ3) is 3.65. The van der Waals surface area contributed by atoms with Crippen LogP contribution in [0.3, 0.4) is 0 Å². The molecule has 2 heterocycles. The number of para-hydroxylation sites is 1. The molecule has 2 aromatic heterocycles. The molecule has 0 aliphatic carbocycles. The summed E-state index contributed by atoms with van der Waals surface area (Å²) in [6, 6.07) is 10.8. The minimum Gasteiger partial charge on any atom is -0.356 e. The molecule has 0 unspecified atom stereocenters. The van der Waals surface area contributed by atoms with Crippen molar-refractivity contribution in [2.75, 3.05) is 0 Å². The largest absolute Gasteiger partial charge is 0.356 e. The first-order chi connectivity index (χ1) is 11.1. The smallest absolute Gasteiger partial charge is 0.226 e. The summed E-state index contributed by atoms with van der Waals surface area (Å²) >= 11 is 1.41. The maximum atomic E-state index is 12.1. The lowest BCUT2D eigenvalue weighted by Gasteiger charge is -2.12. The Balaban J connectivity index is 1.57. The van der Waals surface area contributed by atoms with E-state index < -0.39 is 0 Å². The molecule has 3 rings (SSSR count). The van der Waals surface area contributed by atoms with Crippen LogP contribution in [0.15, 0.2) is 46.3 Å². The average molecular weight is 328 g/mol. The molecule has 1 N–H and O–H groups in total. The number of nitrogens with zero attached hydrogens (tertiary/aromatic N) is 1. The maximum absolute atomic E-state index is 12.1. The molecular weight excluding hydrogens is 312 g/mol. The number of nitrogens with one attached hydrogen (secondary N) is 1. The van der Waals surface area contributed by atoms with Crippen molar-refractivity contribution in [3.63, 3.8) is 0 Å². The second-order valence-electron chi connectivity index (χ2n) is 5.38. The summed E-state index contributed by atoms with van der Waals surface area (Å²) in [7, 11) is 0. The van der Waals surface area contributed by atoms with E-state index in [1.165, 1.54) is 11.3 Å². The number of Topliss-reactive ketones (excluding diaryl/α,β-unsaturated/α-hetero) is 1. The Morgan fingerprint density at radius 2 is 2.09 bits per heavy atom. The Hall–Kier alpha value is -2.47. The van der Waals surface area contributed by atoms with Crippen LogP contribution >= 0.6 is 11.3 Å². The number of thiophene rings is 1. The molecule has 0 aliphatic rings. The van der Waals surface area contributed by atoms with Crippen LogP contribution in [0.4, 0.5) is 0 Å². The van der Waals surface area contributed by atoms with Gasteiger partial charge in [-0.05, 0) is 30.5 Å². The van der Waals surface area contributed by atoms with Crippen LogP contribution in [0.5, 0.6) is 0 Å². The molecule has 1 atom stereocenters. The predicted molar refractivity (Wildman–Crippen MR) is 88.6 cm³/mol. The van der Waals surface area contributed by atoms with Gasteiger partial charge in [0.25, 0.3) is 0 Å². The number of fused-ring (bicyclic) bond motifs is 1. The average Bonchev–Trinajstić information content (AvgIpc) is 3.17. The maximum Gasteiger partial charge on any atom is 0.226 e. The lowest BCUT2D eigenvalue weighted by atomic mass is 10.1. The summed E-state index contributed by atoms with van der Waals surface area (Å²) in [6.45, 7) is 1.82. The van der Waals surface area contributed by atoms with Crippen LogP contribution < -0.4 is 5.32 Å². The lowest BCUT2D eigenvalue weighted by Crippen LogP contribution is -2.35. The standard InChI is InChI=1S/C17H16N2O3S/c1-11(9-14(20)16-7-4-8-23-16)18-17(21)10-13-12-5-2-3-6-15(12)22-19-13/h2-8,11H,9-10H2,1H3,(H,18,21)/t11-/m0/s1. The number of benzene rings is 1. The van der Waals surface area contributed by atoms with Crippen molar-refractivity contribution in [1.29, 1.82) is 0 Å². The fourth-order valence-corrected chi connectivity index (χ4v) is 3.09. The molecule has 3 aromatic rings. The fraction of sp³-hybridized carbons (Fsp3) is 0.235. The summed E-state index contributed by atoms with van der Waals surface area (Å²) in [5, 5.41) is 9.49. The highest BCUT2D eigenvalue weighted by Crippen LogP contribution is 2.18. The van der Waals surface area contributed by atoms with E-state index >= 15 is 0 Å². The van der Waals surface area contributed by atoms with Crippen LogP contribution in [-0.2, 0) is 11.2 Å². The van der Waals surface area contributed by atoms with Crippen molar-refractivity contribution in [1.82, 2.24) is 10.5 Å². The molecule has 6 heteroatoms. The highest BCUT2D eigenvalue weighted by molar-refractivity contribution is 7.12. The predicted octanol–water partition coefficient (Wildman–Crippen LogP) is 3.21. The summed E-state index contributed by atoms with van der Waals surface area (Å²) in [5.74, 6) is -0.129. The minimum atomic E-state index is -0.227. The van der Waals surface area contributed by atoms with Crippen LogP contribution in [-0.4, -0.2) is 22.9 Å². The van der Waals surface area contributed by atoms with E-state index in [-0.39, 0.29) is 30.6 Å². The highest BCUT2D eigenvalue weighted by atomic mass is 32.1. The second kappa shape index (κ2) is 6.75. The number of ketones is 1. The van der Waals surface area contributed by atoms with Crippen LogP contribution in [0.2, 0.25) is 0 Å². The zero-order chi connectivity index (χ0) is 16.2. The molecule has 0 spiro atoms. The molecule has 1 aromatic carbocycles. The van der Waals surface area contributed by atoms with Gasteiger partial charge >= 0.3 is 0 Å². The van der Waals surface area contributed by atoms with Crippen molar-refractivity contribution in [2.45, 2.75) is 25.8 Å². The number of hydrogen-bond acceptors (Lipinski definition) is 5. The van der Waals surface area contributed by atoms with Crippen molar-refractivity contribution < 1.29 is 14.1 Å². The van der Waals surface area contributed by atoms with Gasteiger partial charge in [-0.1, -0.05) is 23.4 Å². The van der Waals surface area contributed by atoms with Crippen LogP contribution in [0, 0.1) is 0 Å². The topological polar surface area (TPSA) is 72.2 Å².